The Bertz CT molecular complexity index is 795. The van der Waals surface area contributed by atoms with E-state index in [4.69, 9.17) is 9.72 Å². The van der Waals surface area contributed by atoms with E-state index in [2.05, 4.69) is 0 Å². The van der Waals surface area contributed by atoms with Gasteiger partial charge in [0.1, 0.15) is 10.6 Å². The van der Waals surface area contributed by atoms with Crippen molar-refractivity contribution in [3.63, 3.8) is 0 Å². The first-order chi connectivity index (χ1) is 11.1. The predicted molar refractivity (Wildman–Crippen MR) is 93.8 cm³/mol. The van der Waals surface area contributed by atoms with Crippen LogP contribution in [0.2, 0.25) is 0 Å². The number of thiophene rings is 1. The summed E-state index contributed by atoms with van der Waals surface area (Å²) in [6.45, 7) is 2.55. The first kappa shape index (κ1) is 16.7. The van der Waals surface area contributed by atoms with Crippen molar-refractivity contribution >= 4 is 39.1 Å². The molecule has 1 aliphatic carbocycles. The zero-order valence-corrected chi connectivity index (χ0v) is 15.0. The molecule has 2 heterocycles. The summed E-state index contributed by atoms with van der Waals surface area (Å²) in [5.74, 6) is 0.796. The predicted octanol–water partition coefficient (Wildman–Crippen LogP) is 2.66. The van der Waals surface area contributed by atoms with Gasteiger partial charge in [-0.25, -0.2) is 4.98 Å². The number of carbonyl (C=O) groups excluding carboxylic acids is 1. The number of Topliss-reactive ketones (excluding diaryl/α,β-unsaturated/α-hetero) is 1. The van der Waals surface area contributed by atoms with Crippen molar-refractivity contribution < 1.29 is 9.53 Å². The molecule has 3 rings (SSSR count). The SMILES string of the molecule is COCCn1c(SCCC(C)=O)nc2sc3c(c2c1=O)CCC3. The van der Waals surface area contributed by atoms with Crippen LogP contribution in [-0.2, 0) is 28.9 Å². The highest BCUT2D eigenvalue weighted by atomic mass is 32.2. The van der Waals surface area contributed by atoms with Crippen molar-refractivity contribution in [1.82, 2.24) is 9.55 Å². The molecule has 0 unspecified atom stereocenters. The van der Waals surface area contributed by atoms with Crippen LogP contribution in [0, 0.1) is 0 Å². The average Bonchev–Trinajstić information content (AvgIpc) is 3.06. The third kappa shape index (κ3) is 3.36. The third-order valence-corrected chi connectivity index (χ3v) is 6.16. The molecule has 0 N–H and O–H groups in total. The highest BCUT2D eigenvalue weighted by Gasteiger charge is 2.23. The Morgan fingerprint density at radius 3 is 3.00 bits per heavy atom. The minimum absolute atomic E-state index is 0.0387. The van der Waals surface area contributed by atoms with Crippen LogP contribution in [0.15, 0.2) is 9.95 Å². The molecule has 2 aromatic heterocycles. The quantitative estimate of drug-likeness (QED) is 0.566. The minimum atomic E-state index is 0.0387. The van der Waals surface area contributed by atoms with E-state index in [-0.39, 0.29) is 11.3 Å². The van der Waals surface area contributed by atoms with E-state index in [0.717, 1.165) is 29.5 Å². The monoisotopic (exact) mass is 352 g/mol. The zero-order chi connectivity index (χ0) is 16.4. The molecule has 0 fully saturated rings. The Hall–Kier alpha value is -1.18. The second kappa shape index (κ2) is 7.15. The second-order valence-electron chi connectivity index (χ2n) is 5.68. The van der Waals surface area contributed by atoms with E-state index in [9.17, 15) is 9.59 Å². The summed E-state index contributed by atoms with van der Waals surface area (Å²) in [5, 5.41) is 1.50. The topological polar surface area (TPSA) is 61.2 Å². The molecule has 0 aliphatic heterocycles. The number of thioether (sulfide) groups is 1. The molecule has 0 atom stereocenters. The molecule has 0 radical (unpaired) electrons. The van der Waals surface area contributed by atoms with Gasteiger partial charge in [-0.05, 0) is 31.7 Å². The molecule has 0 saturated carbocycles. The Morgan fingerprint density at radius 1 is 1.43 bits per heavy atom. The Balaban J connectivity index is 2.02. The fourth-order valence-electron chi connectivity index (χ4n) is 2.83. The maximum atomic E-state index is 13.0. The molecule has 23 heavy (non-hydrogen) atoms. The molecular weight excluding hydrogens is 332 g/mol. The molecule has 0 bridgehead atoms. The first-order valence-corrected chi connectivity index (χ1v) is 9.58. The molecule has 0 aromatic carbocycles. The normalized spacial score (nSPS) is 13.7. The molecule has 124 valence electrons. The number of aryl methyl sites for hydroxylation is 2. The maximum absolute atomic E-state index is 13.0. The van der Waals surface area contributed by atoms with Crippen molar-refractivity contribution in [2.24, 2.45) is 0 Å². The third-order valence-electron chi connectivity index (χ3n) is 3.99. The van der Waals surface area contributed by atoms with Gasteiger partial charge in [0.25, 0.3) is 5.56 Å². The van der Waals surface area contributed by atoms with Gasteiger partial charge in [-0.3, -0.25) is 14.2 Å². The van der Waals surface area contributed by atoms with Crippen LogP contribution in [0.3, 0.4) is 0 Å². The van der Waals surface area contributed by atoms with Gasteiger partial charge in [0.05, 0.1) is 18.5 Å². The van der Waals surface area contributed by atoms with E-state index in [0.29, 0.717) is 30.5 Å². The Kier molecular flexibility index (Phi) is 5.18. The number of carbonyl (C=O) groups is 1. The second-order valence-corrected chi connectivity index (χ2v) is 7.83. The summed E-state index contributed by atoms with van der Waals surface area (Å²) in [6.07, 6.45) is 3.65. The fraction of sp³-hybridized carbons (Fsp3) is 0.562. The van der Waals surface area contributed by atoms with E-state index in [1.165, 1.54) is 22.2 Å². The van der Waals surface area contributed by atoms with Gasteiger partial charge >= 0.3 is 0 Å². The summed E-state index contributed by atoms with van der Waals surface area (Å²) in [6, 6.07) is 0. The minimum Gasteiger partial charge on any atom is -0.383 e. The average molecular weight is 352 g/mol. The summed E-state index contributed by atoms with van der Waals surface area (Å²) >= 11 is 3.13. The van der Waals surface area contributed by atoms with E-state index >= 15 is 0 Å². The van der Waals surface area contributed by atoms with Crippen molar-refractivity contribution in [1.29, 1.82) is 0 Å². The summed E-state index contributed by atoms with van der Waals surface area (Å²) in [4.78, 5) is 31.0. The number of hydrogen-bond donors (Lipinski definition) is 0. The van der Waals surface area contributed by atoms with Crippen LogP contribution < -0.4 is 5.56 Å². The van der Waals surface area contributed by atoms with Crippen molar-refractivity contribution in [3.05, 3.63) is 20.8 Å². The highest BCUT2D eigenvalue weighted by molar-refractivity contribution is 7.99. The summed E-state index contributed by atoms with van der Waals surface area (Å²) < 4.78 is 6.85. The van der Waals surface area contributed by atoms with Crippen LogP contribution in [0.4, 0.5) is 0 Å². The van der Waals surface area contributed by atoms with Crippen LogP contribution in [-0.4, -0.2) is 34.8 Å². The lowest BCUT2D eigenvalue weighted by Gasteiger charge is -2.11. The van der Waals surface area contributed by atoms with Gasteiger partial charge in [-0.15, -0.1) is 11.3 Å². The molecular formula is C16H20N2O3S2. The molecule has 0 spiro atoms. The summed E-state index contributed by atoms with van der Waals surface area (Å²) in [5.41, 5.74) is 1.24. The van der Waals surface area contributed by atoms with Gasteiger partial charge < -0.3 is 4.74 Å². The van der Waals surface area contributed by atoms with E-state index in [1.807, 2.05) is 0 Å². The van der Waals surface area contributed by atoms with Crippen LogP contribution >= 0.6 is 23.1 Å². The number of ether oxygens (including phenoxy) is 1. The Morgan fingerprint density at radius 2 is 2.26 bits per heavy atom. The molecule has 7 heteroatoms. The number of methoxy groups -OCH3 is 1. The maximum Gasteiger partial charge on any atom is 0.263 e. The lowest BCUT2D eigenvalue weighted by Crippen LogP contribution is -2.25. The van der Waals surface area contributed by atoms with Crippen molar-refractivity contribution in [2.45, 2.75) is 44.3 Å². The lowest BCUT2D eigenvalue weighted by molar-refractivity contribution is -0.116. The highest BCUT2D eigenvalue weighted by Crippen LogP contribution is 2.35. The number of hydrogen-bond acceptors (Lipinski definition) is 6. The summed E-state index contributed by atoms with van der Waals surface area (Å²) in [7, 11) is 1.63. The lowest BCUT2D eigenvalue weighted by atomic mass is 10.2. The first-order valence-electron chi connectivity index (χ1n) is 7.78. The van der Waals surface area contributed by atoms with Gasteiger partial charge in [0.15, 0.2) is 5.16 Å². The van der Waals surface area contributed by atoms with Gasteiger partial charge in [0, 0.05) is 24.2 Å². The standard InChI is InChI=1S/C16H20N2O3S2/c1-10(19)6-9-22-16-17-14-13(11-4-3-5-12(11)23-14)15(20)18(16)7-8-21-2/h3-9H2,1-2H3. The molecule has 1 aliphatic rings. The Labute approximate surface area is 143 Å². The zero-order valence-electron chi connectivity index (χ0n) is 13.4. The van der Waals surface area contributed by atoms with E-state index in [1.54, 1.807) is 29.9 Å². The number of nitrogens with zero attached hydrogens (tertiary/aromatic N) is 2. The van der Waals surface area contributed by atoms with Crippen LogP contribution in [0.1, 0.15) is 30.2 Å². The molecule has 0 saturated heterocycles. The smallest absolute Gasteiger partial charge is 0.263 e. The molecule has 2 aromatic rings. The van der Waals surface area contributed by atoms with Gasteiger partial charge in [0.2, 0.25) is 0 Å². The van der Waals surface area contributed by atoms with Gasteiger partial charge in [-0.2, -0.15) is 0 Å². The number of ketones is 1. The van der Waals surface area contributed by atoms with Gasteiger partial charge in [-0.1, -0.05) is 11.8 Å². The van der Waals surface area contributed by atoms with E-state index < -0.39 is 0 Å². The number of rotatable bonds is 7. The number of aromatic nitrogens is 2. The molecule has 0 amide bonds. The van der Waals surface area contributed by atoms with Crippen molar-refractivity contribution in [2.75, 3.05) is 19.5 Å². The van der Waals surface area contributed by atoms with Crippen LogP contribution in [0.25, 0.3) is 10.2 Å². The van der Waals surface area contributed by atoms with Crippen LogP contribution in [0.5, 0.6) is 0 Å². The number of fused-ring (bicyclic) bond motifs is 3. The fourth-order valence-corrected chi connectivity index (χ4v) is 5.20. The largest absolute Gasteiger partial charge is 0.383 e. The van der Waals surface area contributed by atoms with Crippen molar-refractivity contribution in [3.8, 4) is 0 Å². The molecule has 5 nitrogen and oxygen atoms in total.